The first-order valence-corrected chi connectivity index (χ1v) is 11.6. The first kappa shape index (κ1) is 21.5. The van der Waals surface area contributed by atoms with Crippen molar-refractivity contribution in [1.82, 2.24) is 4.31 Å². The van der Waals surface area contributed by atoms with Crippen molar-refractivity contribution in [2.45, 2.75) is 18.2 Å². The molecule has 2 aliphatic heterocycles. The monoisotopic (exact) mass is 443 g/mol. The summed E-state index contributed by atoms with van der Waals surface area (Å²) in [7, 11) is -3.58. The zero-order valence-electron chi connectivity index (χ0n) is 17.3. The van der Waals surface area contributed by atoms with Crippen LogP contribution in [0.2, 0.25) is 0 Å². The van der Waals surface area contributed by atoms with Crippen LogP contribution >= 0.6 is 0 Å². The Morgan fingerprint density at radius 1 is 1.06 bits per heavy atom. The van der Waals surface area contributed by atoms with Crippen LogP contribution in [0.5, 0.6) is 0 Å². The first-order chi connectivity index (χ1) is 14.9. The van der Waals surface area contributed by atoms with Gasteiger partial charge in [-0.15, -0.1) is 0 Å². The topological polar surface area (TPSA) is 96.0 Å². The third kappa shape index (κ3) is 4.48. The lowest BCUT2D eigenvalue weighted by molar-refractivity contribution is -0.122. The van der Waals surface area contributed by atoms with Crippen molar-refractivity contribution < 1.29 is 22.7 Å². The highest BCUT2D eigenvalue weighted by molar-refractivity contribution is 7.89. The first-order valence-electron chi connectivity index (χ1n) is 10.2. The molecule has 2 saturated heterocycles. The number of ether oxygens (including phenoxy) is 1. The lowest BCUT2D eigenvalue weighted by Gasteiger charge is -2.26. The number of para-hydroxylation sites is 1. The molecule has 31 heavy (non-hydrogen) atoms. The molecule has 1 atom stereocenters. The maximum absolute atomic E-state index is 12.7. The standard InChI is InChI=1S/C22H25N3O5S/c1-16-4-2-3-5-20(16)25-15-17(14-21(25)26)22(27)23-18-6-8-19(9-7-18)31(28,29)24-10-12-30-13-11-24/h2-9,17H,10-15H2,1H3,(H,23,27)/t17-/m1/s1. The van der Waals surface area contributed by atoms with Crippen LogP contribution in [0.15, 0.2) is 53.4 Å². The maximum atomic E-state index is 12.7. The average Bonchev–Trinajstić information content (AvgIpc) is 3.17. The van der Waals surface area contributed by atoms with Crippen LogP contribution < -0.4 is 10.2 Å². The number of benzene rings is 2. The molecule has 9 heteroatoms. The van der Waals surface area contributed by atoms with E-state index in [1.54, 1.807) is 17.0 Å². The summed E-state index contributed by atoms with van der Waals surface area (Å²) in [5, 5.41) is 2.80. The fourth-order valence-electron chi connectivity index (χ4n) is 3.87. The molecule has 2 aromatic carbocycles. The molecule has 0 radical (unpaired) electrons. The SMILES string of the molecule is Cc1ccccc1N1C[C@H](C(=O)Nc2ccc(S(=O)(=O)N3CCOCC3)cc2)CC1=O. The minimum Gasteiger partial charge on any atom is -0.379 e. The van der Waals surface area contributed by atoms with E-state index in [9.17, 15) is 18.0 Å². The molecule has 0 bridgehead atoms. The Morgan fingerprint density at radius 3 is 2.42 bits per heavy atom. The van der Waals surface area contributed by atoms with Crippen molar-refractivity contribution in [2.75, 3.05) is 43.1 Å². The minimum absolute atomic E-state index is 0.0820. The largest absolute Gasteiger partial charge is 0.379 e. The van der Waals surface area contributed by atoms with Gasteiger partial charge in [0.05, 0.1) is 24.0 Å². The van der Waals surface area contributed by atoms with Gasteiger partial charge in [-0.25, -0.2) is 8.42 Å². The van der Waals surface area contributed by atoms with Gasteiger partial charge in [0, 0.05) is 37.4 Å². The van der Waals surface area contributed by atoms with Crippen LogP contribution in [-0.2, 0) is 24.3 Å². The molecule has 4 rings (SSSR count). The highest BCUT2D eigenvalue weighted by Gasteiger charge is 2.35. The van der Waals surface area contributed by atoms with Gasteiger partial charge in [0.15, 0.2) is 0 Å². The second kappa shape index (κ2) is 8.78. The molecular formula is C22H25N3O5S. The summed E-state index contributed by atoms with van der Waals surface area (Å²) in [6, 6.07) is 13.7. The molecule has 0 aliphatic carbocycles. The van der Waals surface area contributed by atoms with E-state index in [-0.39, 0.29) is 23.1 Å². The number of anilines is 2. The number of hydrogen-bond acceptors (Lipinski definition) is 5. The molecule has 164 valence electrons. The third-order valence-electron chi connectivity index (χ3n) is 5.63. The fraction of sp³-hybridized carbons (Fsp3) is 0.364. The predicted molar refractivity (Wildman–Crippen MR) is 116 cm³/mol. The van der Waals surface area contributed by atoms with E-state index in [0.717, 1.165) is 11.3 Å². The Morgan fingerprint density at radius 2 is 1.74 bits per heavy atom. The quantitative estimate of drug-likeness (QED) is 0.763. The van der Waals surface area contributed by atoms with E-state index in [1.807, 2.05) is 31.2 Å². The lowest BCUT2D eigenvalue weighted by Crippen LogP contribution is -2.40. The van der Waals surface area contributed by atoms with Crippen molar-refractivity contribution in [1.29, 1.82) is 0 Å². The molecule has 2 amide bonds. The van der Waals surface area contributed by atoms with Crippen LogP contribution in [0.1, 0.15) is 12.0 Å². The Balaban J connectivity index is 1.41. The van der Waals surface area contributed by atoms with Crippen LogP contribution in [-0.4, -0.2) is 57.4 Å². The van der Waals surface area contributed by atoms with E-state index in [0.29, 0.717) is 38.5 Å². The number of amides is 2. The van der Waals surface area contributed by atoms with Gasteiger partial charge in [-0.05, 0) is 42.8 Å². The number of nitrogens with one attached hydrogen (secondary N) is 1. The minimum atomic E-state index is -3.58. The zero-order valence-corrected chi connectivity index (χ0v) is 18.1. The summed E-state index contributed by atoms with van der Waals surface area (Å²) in [5.41, 5.74) is 2.29. The van der Waals surface area contributed by atoms with E-state index >= 15 is 0 Å². The lowest BCUT2D eigenvalue weighted by atomic mass is 10.1. The third-order valence-corrected chi connectivity index (χ3v) is 7.54. The molecule has 2 aromatic rings. The highest BCUT2D eigenvalue weighted by atomic mass is 32.2. The number of rotatable bonds is 5. The second-order valence-electron chi connectivity index (χ2n) is 7.72. The summed E-state index contributed by atoms with van der Waals surface area (Å²) >= 11 is 0. The van der Waals surface area contributed by atoms with Crippen molar-refractivity contribution in [3.8, 4) is 0 Å². The Hall–Kier alpha value is -2.75. The van der Waals surface area contributed by atoms with Crippen LogP contribution in [0, 0.1) is 12.8 Å². The summed E-state index contributed by atoms with van der Waals surface area (Å²) < 4.78 is 32.0. The van der Waals surface area contributed by atoms with Gasteiger partial charge < -0.3 is 15.0 Å². The smallest absolute Gasteiger partial charge is 0.243 e. The van der Waals surface area contributed by atoms with Crippen LogP contribution in [0.4, 0.5) is 11.4 Å². The maximum Gasteiger partial charge on any atom is 0.243 e. The number of carbonyl (C=O) groups excluding carboxylic acids is 2. The number of carbonyl (C=O) groups is 2. The van der Waals surface area contributed by atoms with E-state index in [4.69, 9.17) is 4.74 Å². The summed E-state index contributed by atoms with van der Waals surface area (Å²) in [4.78, 5) is 27.0. The van der Waals surface area contributed by atoms with Crippen LogP contribution in [0.3, 0.4) is 0 Å². The van der Waals surface area contributed by atoms with Gasteiger partial charge in [-0.2, -0.15) is 4.31 Å². The van der Waals surface area contributed by atoms with Crippen LogP contribution in [0.25, 0.3) is 0 Å². The number of nitrogens with zero attached hydrogens (tertiary/aromatic N) is 2. The Kier molecular flexibility index (Phi) is 6.08. The molecule has 0 unspecified atom stereocenters. The molecule has 0 saturated carbocycles. The van der Waals surface area contributed by atoms with E-state index in [2.05, 4.69) is 5.32 Å². The van der Waals surface area contributed by atoms with Gasteiger partial charge in [0.2, 0.25) is 21.8 Å². The van der Waals surface area contributed by atoms with E-state index < -0.39 is 15.9 Å². The molecule has 2 aliphatic rings. The van der Waals surface area contributed by atoms with Crippen molar-refractivity contribution in [3.05, 3.63) is 54.1 Å². The molecule has 2 heterocycles. The molecular weight excluding hydrogens is 418 g/mol. The van der Waals surface area contributed by atoms with E-state index in [1.165, 1.54) is 16.4 Å². The molecule has 0 spiro atoms. The molecule has 0 aromatic heterocycles. The van der Waals surface area contributed by atoms with Crippen molar-refractivity contribution in [2.24, 2.45) is 5.92 Å². The van der Waals surface area contributed by atoms with Gasteiger partial charge in [0.25, 0.3) is 0 Å². The molecule has 1 N–H and O–H groups in total. The van der Waals surface area contributed by atoms with Gasteiger partial charge in [0.1, 0.15) is 0 Å². The van der Waals surface area contributed by atoms with Gasteiger partial charge in [-0.1, -0.05) is 18.2 Å². The number of hydrogen-bond donors (Lipinski definition) is 1. The summed E-state index contributed by atoms with van der Waals surface area (Å²) in [6.07, 6.45) is 0.143. The van der Waals surface area contributed by atoms with Gasteiger partial charge in [-0.3, -0.25) is 9.59 Å². The predicted octanol–water partition coefficient (Wildman–Crippen LogP) is 2.01. The Bertz CT molecular complexity index is 1080. The van der Waals surface area contributed by atoms with Crippen molar-refractivity contribution >= 4 is 33.2 Å². The summed E-state index contributed by atoms with van der Waals surface area (Å²) in [6.45, 7) is 3.67. The number of aryl methyl sites for hydroxylation is 1. The average molecular weight is 444 g/mol. The number of morpholine rings is 1. The highest BCUT2D eigenvalue weighted by Crippen LogP contribution is 2.28. The van der Waals surface area contributed by atoms with Crippen molar-refractivity contribution in [3.63, 3.8) is 0 Å². The summed E-state index contributed by atoms with van der Waals surface area (Å²) in [5.74, 6) is -0.807. The molecule has 8 nitrogen and oxygen atoms in total. The Labute approximate surface area is 181 Å². The number of sulfonamides is 1. The fourth-order valence-corrected chi connectivity index (χ4v) is 5.28. The molecule has 2 fully saturated rings. The normalized spacial score (nSPS) is 20.1. The zero-order chi connectivity index (χ0) is 22.0. The van der Waals surface area contributed by atoms with Gasteiger partial charge >= 0.3 is 0 Å². The second-order valence-corrected chi connectivity index (χ2v) is 9.66.